The molecule has 1 aromatic carbocycles. The van der Waals surface area contributed by atoms with Crippen molar-refractivity contribution in [2.45, 2.75) is 26.3 Å². The molecule has 0 bridgehead atoms. The second-order valence-electron chi connectivity index (χ2n) is 6.08. The summed E-state index contributed by atoms with van der Waals surface area (Å²) in [5.74, 6) is 0.569. The van der Waals surface area contributed by atoms with Crippen molar-refractivity contribution in [1.29, 1.82) is 0 Å². The molecule has 1 aromatic heterocycles. The number of carbonyl (C=O) groups is 1. The van der Waals surface area contributed by atoms with Crippen LogP contribution in [-0.4, -0.2) is 25.0 Å². The lowest BCUT2D eigenvalue weighted by molar-refractivity contribution is 0.0920. The summed E-state index contributed by atoms with van der Waals surface area (Å²) in [6, 6.07) is 10.6. The van der Waals surface area contributed by atoms with Gasteiger partial charge in [0.1, 0.15) is 0 Å². The van der Waals surface area contributed by atoms with Crippen molar-refractivity contribution in [3.05, 3.63) is 46.2 Å². The number of hydrogen-bond acceptors (Lipinski definition) is 3. The maximum atomic E-state index is 12.7. The number of benzene rings is 1. The minimum atomic E-state index is 0.0473. The van der Waals surface area contributed by atoms with Crippen LogP contribution in [0.4, 0.5) is 0 Å². The number of nitrogens with one attached hydrogen (secondary N) is 2. The average Bonchev–Trinajstić information content (AvgIpc) is 3.00. The van der Waals surface area contributed by atoms with Crippen molar-refractivity contribution in [3.63, 3.8) is 0 Å². The molecule has 0 saturated carbocycles. The highest BCUT2D eigenvalue weighted by molar-refractivity contribution is 7.12. The van der Waals surface area contributed by atoms with Crippen LogP contribution in [0.1, 0.15) is 28.6 Å². The number of rotatable bonds is 3. The number of hydrogen-bond donors (Lipinski definition) is 2. The molecule has 1 aliphatic rings. The quantitative estimate of drug-likeness (QED) is 0.911. The Kier molecular flexibility index (Phi) is 4.60. The van der Waals surface area contributed by atoms with Crippen LogP contribution in [0.25, 0.3) is 11.1 Å². The van der Waals surface area contributed by atoms with E-state index < -0.39 is 0 Å². The summed E-state index contributed by atoms with van der Waals surface area (Å²) >= 11 is 1.51. The predicted octanol–water partition coefficient (Wildman–Crippen LogP) is 3.45. The fourth-order valence-corrected chi connectivity index (χ4v) is 3.68. The van der Waals surface area contributed by atoms with Gasteiger partial charge in [-0.1, -0.05) is 36.8 Å². The van der Waals surface area contributed by atoms with Crippen molar-refractivity contribution < 1.29 is 4.79 Å². The van der Waals surface area contributed by atoms with Gasteiger partial charge in [0.05, 0.1) is 4.88 Å². The second kappa shape index (κ2) is 6.63. The molecule has 116 valence electrons. The van der Waals surface area contributed by atoms with E-state index in [1.165, 1.54) is 16.9 Å². The van der Waals surface area contributed by atoms with E-state index in [0.717, 1.165) is 35.5 Å². The first-order chi connectivity index (χ1) is 10.6. The van der Waals surface area contributed by atoms with Crippen LogP contribution >= 0.6 is 11.3 Å². The summed E-state index contributed by atoms with van der Waals surface area (Å²) in [6.45, 7) is 6.18. The van der Waals surface area contributed by atoms with Gasteiger partial charge >= 0.3 is 0 Å². The summed E-state index contributed by atoms with van der Waals surface area (Å²) < 4.78 is 0. The molecule has 2 N–H and O–H groups in total. The van der Waals surface area contributed by atoms with Crippen LogP contribution in [0.15, 0.2) is 35.7 Å². The van der Waals surface area contributed by atoms with Crippen LogP contribution in [0.3, 0.4) is 0 Å². The summed E-state index contributed by atoms with van der Waals surface area (Å²) in [5, 5.41) is 8.55. The number of carbonyl (C=O) groups excluding carboxylic acids is 1. The van der Waals surface area contributed by atoms with Gasteiger partial charge in [0.25, 0.3) is 5.91 Å². The maximum absolute atomic E-state index is 12.7. The Balaban J connectivity index is 1.79. The molecule has 1 saturated heterocycles. The van der Waals surface area contributed by atoms with E-state index in [-0.39, 0.29) is 11.9 Å². The zero-order valence-corrected chi connectivity index (χ0v) is 13.9. The molecule has 22 heavy (non-hydrogen) atoms. The highest BCUT2D eigenvalue weighted by Gasteiger charge is 2.24. The van der Waals surface area contributed by atoms with Gasteiger partial charge in [-0.3, -0.25) is 4.79 Å². The lowest BCUT2D eigenvalue weighted by atomic mass is 9.94. The van der Waals surface area contributed by atoms with Gasteiger partial charge in [0, 0.05) is 18.2 Å². The Labute approximate surface area is 135 Å². The normalized spacial score (nSPS) is 21.5. The molecule has 1 aliphatic heterocycles. The average molecular weight is 314 g/mol. The van der Waals surface area contributed by atoms with Crippen molar-refractivity contribution in [1.82, 2.24) is 10.6 Å². The van der Waals surface area contributed by atoms with E-state index in [1.807, 2.05) is 11.4 Å². The second-order valence-corrected chi connectivity index (χ2v) is 7.00. The molecule has 3 nitrogen and oxygen atoms in total. The molecule has 2 atom stereocenters. The fraction of sp³-hybridized carbons (Fsp3) is 0.389. The van der Waals surface area contributed by atoms with E-state index >= 15 is 0 Å². The Morgan fingerprint density at radius 1 is 1.27 bits per heavy atom. The SMILES string of the molecule is Cc1ccc(-c2ccsc2C(=O)NC2CNCCC2C)cc1. The van der Waals surface area contributed by atoms with Gasteiger partial charge in [-0.25, -0.2) is 0 Å². The van der Waals surface area contributed by atoms with E-state index in [1.54, 1.807) is 0 Å². The molecule has 2 aromatic rings. The molecule has 4 heteroatoms. The number of aryl methyl sites for hydroxylation is 1. The third-order valence-electron chi connectivity index (χ3n) is 4.38. The van der Waals surface area contributed by atoms with Crippen molar-refractivity contribution in [3.8, 4) is 11.1 Å². The Bertz CT molecular complexity index is 647. The standard InChI is InChI=1S/C18H22N2OS/c1-12-3-5-14(6-4-12)15-8-10-22-17(15)18(21)20-16-11-19-9-7-13(16)2/h3-6,8,10,13,16,19H,7,9,11H2,1-2H3,(H,20,21). The molecule has 0 spiro atoms. The van der Waals surface area contributed by atoms with E-state index in [4.69, 9.17) is 0 Å². The first-order valence-corrected chi connectivity index (χ1v) is 8.69. The van der Waals surface area contributed by atoms with Crippen LogP contribution < -0.4 is 10.6 Å². The summed E-state index contributed by atoms with van der Waals surface area (Å²) in [7, 11) is 0. The van der Waals surface area contributed by atoms with Crippen LogP contribution in [0.5, 0.6) is 0 Å². The minimum Gasteiger partial charge on any atom is -0.347 e. The Morgan fingerprint density at radius 3 is 2.77 bits per heavy atom. The van der Waals surface area contributed by atoms with Crippen LogP contribution in [0.2, 0.25) is 0 Å². The van der Waals surface area contributed by atoms with Crippen LogP contribution in [0, 0.1) is 12.8 Å². The van der Waals surface area contributed by atoms with Gasteiger partial charge in [0.2, 0.25) is 0 Å². The molecule has 2 unspecified atom stereocenters. The van der Waals surface area contributed by atoms with Crippen molar-refractivity contribution in [2.75, 3.05) is 13.1 Å². The molecule has 0 radical (unpaired) electrons. The van der Waals surface area contributed by atoms with Gasteiger partial charge in [-0.15, -0.1) is 11.3 Å². The highest BCUT2D eigenvalue weighted by Crippen LogP contribution is 2.29. The Morgan fingerprint density at radius 2 is 2.05 bits per heavy atom. The van der Waals surface area contributed by atoms with Crippen molar-refractivity contribution >= 4 is 17.2 Å². The largest absolute Gasteiger partial charge is 0.347 e. The minimum absolute atomic E-state index is 0.0473. The zero-order valence-electron chi connectivity index (χ0n) is 13.1. The molecule has 1 amide bonds. The first-order valence-electron chi connectivity index (χ1n) is 7.81. The molecular weight excluding hydrogens is 292 g/mol. The molecule has 3 rings (SSSR count). The lowest BCUT2D eigenvalue weighted by Gasteiger charge is -2.30. The summed E-state index contributed by atoms with van der Waals surface area (Å²) in [6.07, 6.45) is 1.11. The smallest absolute Gasteiger partial charge is 0.262 e. The summed E-state index contributed by atoms with van der Waals surface area (Å²) in [5.41, 5.74) is 3.36. The third-order valence-corrected chi connectivity index (χ3v) is 5.29. The molecular formula is C18H22N2OS. The molecule has 2 heterocycles. The summed E-state index contributed by atoms with van der Waals surface area (Å²) in [4.78, 5) is 13.5. The predicted molar refractivity (Wildman–Crippen MR) is 92.4 cm³/mol. The maximum Gasteiger partial charge on any atom is 0.262 e. The van der Waals surface area contributed by atoms with Crippen LogP contribution in [-0.2, 0) is 0 Å². The lowest BCUT2D eigenvalue weighted by Crippen LogP contribution is -2.50. The Hall–Kier alpha value is -1.65. The van der Waals surface area contributed by atoms with E-state index in [0.29, 0.717) is 5.92 Å². The van der Waals surface area contributed by atoms with Gasteiger partial charge in [-0.2, -0.15) is 0 Å². The molecule has 1 fully saturated rings. The number of amides is 1. The zero-order chi connectivity index (χ0) is 15.5. The highest BCUT2D eigenvalue weighted by atomic mass is 32.1. The fourth-order valence-electron chi connectivity index (χ4n) is 2.86. The van der Waals surface area contributed by atoms with E-state index in [2.05, 4.69) is 48.7 Å². The topological polar surface area (TPSA) is 41.1 Å². The number of piperidine rings is 1. The first kappa shape index (κ1) is 15.3. The van der Waals surface area contributed by atoms with Crippen molar-refractivity contribution in [2.24, 2.45) is 5.92 Å². The van der Waals surface area contributed by atoms with Gasteiger partial charge < -0.3 is 10.6 Å². The third kappa shape index (κ3) is 3.23. The van der Waals surface area contributed by atoms with Gasteiger partial charge in [-0.05, 0) is 42.8 Å². The molecule has 0 aliphatic carbocycles. The monoisotopic (exact) mass is 314 g/mol. The van der Waals surface area contributed by atoms with E-state index in [9.17, 15) is 4.79 Å². The number of thiophene rings is 1. The van der Waals surface area contributed by atoms with Gasteiger partial charge in [0.15, 0.2) is 0 Å².